The fraction of sp³-hybridized carbons (Fsp3) is 0.875. The van der Waals surface area contributed by atoms with Crippen LogP contribution in [0.3, 0.4) is 0 Å². The van der Waals surface area contributed by atoms with Crippen LogP contribution in [0.1, 0.15) is 19.3 Å². The fourth-order valence-corrected chi connectivity index (χ4v) is 2.83. The van der Waals surface area contributed by atoms with Crippen LogP contribution in [0.2, 0.25) is 0 Å². The van der Waals surface area contributed by atoms with Crippen LogP contribution in [0.25, 0.3) is 0 Å². The molecular formula is C8H15N3O2S. The Morgan fingerprint density at radius 2 is 2.29 bits per heavy atom. The molecule has 1 saturated heterocycles. The molecule has 2 heterocycles. The summed E-state index contributed by atoms with van der Waals surface area (Å²) in [5, 5.41) is 25.8. The molecular weight excluding hydrogens is 202 g/mol. The number of rotatable bonds is 1. The second-order valence-electron chi connectivity index (χ2n) is 3.63. The van der Waals surface area contributed by atoms with Gasteiger partial charge >= 0.3 is 0 Å². The third-order valence-electron chi connectivity index (χ3n) is 2.82. The highest BCUT2D eigenvalue weighted by Crippen LogP contribution is 2.30. The van der Waals surface area contributed by atoms with Gasteiger partial charge < -0.3 is 0 Å². The normalized spacial score (nSPS) is 32.0. The lowest BCUT2D eigenvalue weighted by Crippen LogP contribution is -2.47. The summed E-state index contributed by atoms with van der Waals surface area (Å²) in [5.41, 5.74) is 0. The summed E-state index contributed by atoms with van der Waals surface area (Å²) >= 11 is 1.48. The first-order chi connectivity index (χ1) is 6.74. The van der Waals surface area contributed by atoms with E-state index >= 15 is 0 Å². The second-order valence-corrected chi connectivity index (χ2v) is 4.46. The molecule has 80 valence electrons. The van der Waals surface area contributed by atoms with Crippen molar-refractivity contribution in [3.8, 4) is 0 Å². The Morgan fingerprint density at radius 3 is 2.93 bits per heavy atom. The molecule has 2 unspecified atom stereocenters. The topological polar surface area (TPSA) is 59.3 Å². The van der Waals surface area contributed by atoms with E-state index in [9.17, 15) is 0 Å². The maximum absolute atomic E-state index is 9.16. The van der Waals surface area contributed by atoms with Crippen LogP contribution < -0.4 is 0 Å². The van der Waals surface area contributed by atoms with Gasteiger partial charge in [0, 0.05) is 6.54 Å². The van der Waals surface area contributed by atoms with Crippen LogP contribution in [0.5, 0.6) is 0 Å². The van der Waals surface area contributed by atoms with Crippen LogP contribution in [0.15, 0.2) is 5.10 Å². The first kappa shape index (κ1) is 10.2. The Kier molecular flexibility index (Phi) is 2.96. The van der Waals surface area contributed by atoms with Crippen LogP contribution >= 0.6 is 11.8 Å². The number of hydrogen-bond donors (Lipinski definition) is 2. The number of thioether (sulfide) groups is 1. The molecule has 0 spiro atoms. The number of hydrogen-bond acceptors (Lipinski definition) is 6. The lowest BCUT2D eigenvalue weighted by atomic mass is 9.99. The molecule has 0 amide bonds. The highest BCUT2D eigenvalue weighted by Gasteiger charge is 2.41. The zero-order valence-electron chi connectivity index (χ0n) is 8.13. The van der Waals surface area contributed by atoms with Gasteiger partial charge in [-0.1, -0.05) is 5.23 Å². The summed E-state index contributed by atoms with van der Waals surface area (Å²) in [5.74, 6) is 0. The lowest BCUT2D eigenvalue weighted by Gasteiger charge is -2.32. The molecule has 2 atom stereocenters. The summed E-state index contributed by atoms with van der Waals surface area (Å²) in [6.07, 6.45) is 5.18. The minimum absolute atomic E-state index is 0.140. The standard InChI is InChI=1S/C8H15N3O2S/c1-14-8-7(11(12)13)6-4-2-3-5-10(6)9-8/h6-7,12-13H,2-5H2,1H3. The minimum Gasteiger partial charge on any atom is -0.291 e. The van der Waals surface area contributed by atoms with Gasteiger partial charge in [0.2, 0.25) is 0 Å². The maximum Gasteiger partial charge on any atom is 0.134 e. The molecule has 1 fully saturated rings. The summed E-state index contributed by atoms with van der Waals surface area (Å²) in [6, 6.07) is -0.216. The third-order valence-corrected chi connectivity index (χ3v) is 3.56. The van der Waals surface area contributed by atoms with Gasteiger partial charge in [0.05, 0.1) is 6.04 Å². The predicted molar refractivity (Wildman–Crippen MR) is 54.5 cm³/mol. The molecule has 0 bridgehead atoms. The lowest BCUT2D eigenvalue weighted by molar-refractivity contribution is -0.324. The molecule has 0 aromatic heterocycles. The van der Waals surface area contributed by atoms with Crippen molar-refractivity contribution in [1.82, 2.24) is 10.2 Å². The summed E-state index contributed by atoms with van der Waals surface area (Å²) in [6.45, 7) is 0.930. The van der Waals surface area contributed by atoms with Crippen molar-refractivity contribution >= 4 is 16.8 Å². The molecule has 2 N–H and O–H groups in total. The predicted octanol–water partition coefficient (Wildman–Crippen LogP) is 0.980. The van der Waals surface area contributed by atoms with E-state index in [1.807, 2.05) is 11.3 Å². The van der Waals surface area contributed by atoms with Crippen molar-refractivity contribution < 1.29 is 10.4 Å². The van der Waals surface area contributed by atoms with Crippen LogP contribution in [0.4, 0.5) is 0 Å². The van der Waals surface area contributed by atoms with Gasteiger partial charge in [0.15, 0.2) is 0 Å². The average molecular weight is 217 g/mol. The summed E-state index contributed by atoms with van der Waals surface area (Å²) in [7, 11) is 0. The van der Waals surface area contributed by atoms with Gasteiger partial charge in [-0.2, -0.15) is 5.10 Å². The molecule has 5 nitrogen and oxygen atoms in total. The molecule has 2 aliphatic heterocycles. The maximum atomic E-state index is 9.16. The van der Waals surface area contributed by atoms with Gasteiger partial charge in [-0.15, -0.1) is 11.8 Å². The van der Waals surface area contributed by atoms with E-state index in [2.05, 4.69) is 5.10 Å². The zero-order valence-corrected chi connectivity index (χ0v) is 8.94. The smallest absolute Gasteiger partial charge is 0.134 e. The highest BCUT2D eigenvalue weighted by atomic mass is 32.2. The van der Waals surface area contributed by atoms with E-state index in [1.54, 1.807) is 0 Å². The van der Waals surface area contributed by atoms with Crippen LogP contribution in [0, 0.1) is 0 Å². The molecule has 2 aliphatic rings. The second kappa shape index (κ2) is 4.06. The molecule has 14 heavy (non-hydrogen) atoms. The molecule has 0 radical (unpaired) electrons. The monoisotopic (exact) mass is 217 g/mol. The van der Waals surface area contributed by atoms with Crippen LogP contribution in [-0.2, 0) is 0 Å². The SMILES string of the molecule is CSC1=NN2CCCCC2C1N(O)O. The van der Waals surface area contributed by atoms with E-state index in [4.69, 9.17) is 10.4 Å². The average Bonchev–Trinajstić information content (AvgIpc) is 2.55. The quantitative estimate of drug-likeness (QED) is 0.641. The minimum atomic E-state index is -0.356. The summed E-state index contributed by atoms with van der Waals surface area (Å²) in [4.78, 5) is 0. The molecule has 0 aromatic carbocycles. The molecule has 0 aromatic rings. The highest BCUT2D eigenvalue weighted by molar-refractivity contribution is 8.13. The number of nitrogens with zero attached hydrogens (tertiary/aromatic N) is 3. The first-order valence-corrected chi connectivity index (χ1v) is 6.02. The van der Waals surface area contributed by atoms with E-state index in [1.165, 1.54) is 11.8 Å². The van der Waals surface area contributed by atoms with Crippen molar-refractivity contribution in [2.45, 2.75) is 31.3 Å². The van der Waals surface area contributed by atoms with Crippen molar-refractivity contribution in [1.29, 1.82) is 0 Å². The number of fused-ring (bicyclic) bond motifs is 1. The Labute approximate surface area is 87.3 Å². The van der Waals surface area contributed by atoms with Crippen molar-refractivity contribution in [2.24, 2.45) is 5.10 Å². The van der Waals surface area contributed by atoms with Crippen molar-refractivity contribution in [3.63, 3.8) is 0 Å². The van der Waals surface area contributed by atoms with E-state index in [-0.39, 0.29) is 12.1 Å². The van der Waals surface area contributed by atoms with E-state index in [0.29, 0.717) is 5.23 Å². The van der Waals surface area contributed by atoms with Gasteiger partial charge in [-0.3, -0.25) is 15.4 Å². The molecule has 6 heteroatoms. The van der Waals surface area contributed by atoms with Crippen molar-refractivity contribution in [3.05, 3.63) is 0 Å². The van der Waals surface area contributed by atoms with Gasteiger partial charge in [0.1, 0.15) is 11.1 Å². The molecule has 2 rings (SSSR count). The number of piperidine rings is 1. The Bertz CT molecular complexity index is 247. The van der Waals surface area contributed by atoms with Gasteiger partial charge in [-0.05, 0) is 25.5 Å². The zero-order chi connectivity index (χ0) is 10.1. The summed E-state index contributed by atoms with van der Waals surface area (Å²) < 4.78 is 0. The Balaban J connectivity index is 2.17. The van der Waals surface area contributed by atoms with Gasteiger partial charge in [-0.25, -0.2) is 0 Å². The first-order valence-electron chi connectivity index (χ1n) is 4.80. The number of hydrazone groups is 1. The number of hydroxylamine groups is 2. The van der Waals surface area contributed by atoms with E-state index < -0.39 is 0 Å². The van der Waals surface area contributed by atoms with Gasteiger partial charge in [0.25, 0.3) is 0 Å². The Hall–Kier alpha value is -0.300. The Morgan fingerprint density at radius 1 is 1.50 bits per heavy atom. The third kappa shape index (κ3) is 1.63. The molecule has 0 aliphatic carbocycles. The van der Waals surface area contributed by atoms with Crippen molar-refractivity contribution in [2.75, 3.05) is 12.8 Å². The molecule has 0 saturated carbocycles. The largest absolute Gasteiger partial charge is 0.291 e. The van der Waals surface area contributed by atoms with E-state index in [0.717, 1.165) is 30.9 Å². The fourth-order valence-electron chi connectivity index (χ4n) is 2.15. The van der Waals surface area contributed by atoms with Crippen LogP contribution in [-0.4, -0.2) is 50.6 Å².